The molecule has 0 spiro atoms. The van der Waals surface area contributed by atoms with Crippen LogP contribution in [0.2, 0.25) is 0 Å². The van der Waals surface area contributed by atoms with Gasteiger partial charge in [0.15, 0.2) is 0 Å². The number of carboxylic acid groups (broad SMARTS) is 1. The highest BCUT2D eigenvalue weighted by Gasteiger charge is 2.14. The van der Waals surface area contributed by atoms with Gasteiger partial charge in [-0.2, -0.15) is 0 Å². The molecule has 0 aromatic carbocycles. The van der Waals surface area contributed by atoms with E-state index in [0.29, 0.717) is 18.7 Å². The zero-order valence-electron chi connectivity index (χ0n) is 12.1. The molecule has 0 fully saturated rings. The van der Waals surface area contributed by atoms with Crippen molar-refractivity contribution in [3.8, 4) is 0 Å². The van der Waals surface area contributed by atoms with Crippen LogP contribution in [0.1, 0.15) is 43.4 Å². The van der Waals surface area contributed by atoms with Gasteiger partial charge < -0.3 is 10.1 Å². The first-order valence-electron chi connectivity index (χ1n) is 7.21. The molecule has 6 nitrogen and oxygen atoms in total. The molecule has 21 heavy (non-hydrogen) atoms. The Morgan fingerprint density at radius 2 is 2.14 bits per heavy atom. The van der Waals surface area contributed by atoms with E-state index < -0.39 is 17.2 Å². The van der Waals surface area contributed by atoms with E-state index in [1.807, 2.05) is 0 Å². The van der Waals surface area contributed by atoms with Gasteiger partial charge in [-0.1, -0.05) is 11.6 Å². The number of aryl methyl sites for hydroxylation is 1. The summed E-state index contributed by atoms with van der Waals surface area (Å²) in [6, 6.07) is 0. The predicted molar refractivity (Wildman–Crippen MR) is 78.6 cm³/mol. The Morgan fingerprint density at radius 3 is 2.76 bits per heavy atom. The summed E-state index contributed by atoms with van der Waals surface area (Å²) < 4.78 is 1.11. The SMILES string of the molecule is Cc1[nH]c(=O)n(CCC2=CCCCC2)c(=O)c1CC(=O)O. The van der Waals surface area contributed by atoms with E-state index in [9.17, 15) is 14.4 Å². The Morgan fingerprint density at radius 1 is 1.38 bits per heavy atom. The molecule has 1 aliphatic carbocycles. The normalized spacial score (nSPS) is 14.8. The Kier molecular flexibility index (Phi) is 4.77. The molecule has 114 valence electrons. The van der Waals surface area contributed by atoms with Crippen molar-refractivity contribution >= 4 is 5.97 Å². The van der Waals surface area contributed by atoms with E-state index in [4.69, 9.17) is 5.11 Å². The van der Waals surface area contributed by atoms with Gasteiger partial charge in [-0.3, -0.25) is 14.2 Å². The number of nitrogens with one attached hydrogen (secondary N) is 1. The molecule has 6 heteroatoms. The lowest BCUT2D eigenvalue weighted by atomic mass is 9.97. The van der Waals surface area contributed by atoms with Gasteiger partial charge in [-0.05, 0) is 39.0 Å². The molecule has 1 aromatic rings. The fraction of sp³-hybridized carbons (Fsp3) is 0.533. The van der Waals surface area contributed by atoms with Crippen LogP contribution in [0.4, 0.5) is 0 Å². The van der Waals surface area contributed by atoms with Crippen molar-refractivity contribution in [2.45, 2.75) is 52.0 Å². The van der Waals surface area contributed by atoms with Crippen LogP contribution in [0, 0.1) is 6.92 Å². The molecule has 0 unspecified atom stereocenters. The maximum atomic E-state index is 12.3. The summed E-state index contributed by atoms with van der Waals surface area (Å²) in [6.45, 7) is 1.85. The number of nitrogens with zero attached hydrogens (tertiary/aromatic N) is 1. The Bertz CT molecular complexity index is 682. The molecule has 0 amide bonds. The summed E-state index contributed by atoms with van der Waals surface area (Å²) in [7, 11) is 0. The largest absolute Gasteiger partial charge is 0.481 e. The Hall–Kier alpha value is -2.11. The standard InChI is InChI=1S/C15H20N2O4/c1-10-12(9-13(18)19)14(20)17(15(21)16-10)8-7-11-5-3-2-4-6-11/h5H,2-4,6-9H2,1H3,(H,16,21)(H,18,19). The van der Waals surface area contributed by atoms with Crippen LogP contribution in [-0.2, 0) is 17.8 Å². The van der Waals surface area contributed by atoms with Crippen molar-refractivity contribution in [1.82, 2.24) is 9.55 Å². The second-order valence-corrected chi connectivity index (χ2v) is 5.42. The van der Waals surface area contributed by atoms with Crippen LogP contribution in [-0.4, -0.2) is 20.6 Å². The van der Waals surface area contributed by atoms with Gasteiger partial charge in [0.05, 0.1) is 6.42 Å². The molecule has 0 saturated carbocycles. The van der Waals surface area contributed by atoms with Gasteiger partial charge in [0.2, 0.25) is 0 Å². The van der Waals surface area contributed by atoms with Gasteiger partial charge in [-0.15, -0.1) is 0 Å². The van der Waals surface area contributed by atoms with Crippen LogP contribution in [0.25, 0.3) is 0 Å². The zero-order chi connectivity index (χ0) is 15.4. The van der Waals surface area contributed by atoms with E-state index >= 15 is 0 Å². The van der Waals surface area contributed by atoms with E-state index in [-0.39, 0.29) is 12.0 Å². The second kappa shape index (κ2) is 6.56. The minimum absolute atomic E-state index is 0.153. The highest BCUT2D eigenvalue weighted by Crippen LogP contribution is 2.20. The van der Waals surface area contributed by atoms with Gasteiger partial charge in [0.1, 0.15) is 0 Å². The van der Waals surface area contributed by atoms with E-state index in [2.05, 4.69) is 11.1 Å². The summed E-state index contributed by atoms with van der Waals surface area (Å²) in [5, 5.41) is 8.86. The molecule has 1 aliphatic rings. The molecule has 0 aliphatic heterocycles. The number of hydrogen-bond acceptors (Lipinski definition) is 3. The molecule has 2 rings (SSSR count). The number of carboxylic acids is 1. The Balaban J connectivity index is 2.26. The van der Waals surface area contributed by atoms with Crippen LogP contribution in [0.3, 0.4) is 0 Å². The van der Waals surface area contributed by atoms with Crippen LogP contribution < -0.4 is 11.2 Å². The first kappa shape index (κ1) is 15.3. The minimum atomic E-state index is -1.08. The molecule has 0 atom stereocenters. The maximum Gasteiger partial charge on any atom is 0.328 e. The number of carbonyl (C=O) groups is 1. The van der Waals surface area contributed by atoms with Crippen LogP contribution in [0.15, 0.2) is 21.2 Å². The summed E-state index contributed by atoms with van der Waals surface area (Å²) in [4.78, 5) is 37.6. The van der Waals surface area contributed by atoms with Gasteiger partial charge >= 0.3 is 11.7 Å². The van der Waals surface area contributed by atoms with Gasteiger partial charge in [0, 0.05) is 17.8 Å². The quantitative estimate of drug-likeness (QED) is 0.802. The minimum Gasteiger partial charge on any atom is -0.481 e. The van der Waals surface area contributed by atoms with Gasteiger partial charge in [0.25, 0.3) is 5.56 Å². The monoisotopic (exact) mass is 292 g/mol. The first-order chi connectivity index (χ1) is 9.99. The van der Waals surface area contributed by atoms with E-state index in [1.165, 1.54) is 12.0 Å². The molecule has 0 radical (unpaired) electrons. The molecular formula is C15H20N2O4. The smallest absolute Gasteiger partial charge is 0.328 e. The number of aromatic amines is 1. The highest BCUT2D eigenvalue weighted by molar-refractivity contribution is 5.70. The lowest BCUT2D eigenvalue weighted by Gasteiger charge is -2.14. The molecule has 1 aromatic heterocycles. The van der Waals surface area contributed by atoms with Crippen molar-refractivity contribution in [3.63, 3.8) is 0 Å². The number of H-pyrrole nitrogens is 1. The summed E-state index contributed by atoms with van der Waals surface area (Å²) >= 11 is 0. The lowest BCUT2D eigenvalue weighted by molar-refractivity contribution is -0.136. The average Bonchev–Trinajstić information content (AvgIpc) is 2.44. The fourth-order valence-corrected chi connectivity index (χ4v) is 2.67. The molecule has 0 bridgehead atoms. The molecule has 2 N–H and O–H groups in total. The van der Waals surface area contributed by atoms with Crippen molar-refractivity contribution < 1.29 is 9.90 Å². The Labute approximate surface area is 122 Å². The van der Waals surface area contributed by atoms with Crippen molar-refractivity contribution in [3.05, 3.63) is 43.7 Å². The average molecular weight is 292 g/mol. The first-order valence-corrected chi connectivity index (χ1v) is 7.21. The number of aliphatic carboxylic acids is 1. The van der Waals surface area contributed by atoms with Crippen LogP contribution in [0.5, 0.6) is 0 Å². The van der Waals surface area contributed by atoms with Crippen molar-refractivity contribution in [1.29, 1.82) is 0 Å². The second-order valence-electron chi connectivity index (χ2n) is 5.42. The molecular weight excluding hydrogens is 272 g/mol. The van der Waals surface area contributed by atoms with Crippen molar-refractivity contribution in [2.24, 2.45) is 0 Å². The number of hydrogen-bond donors (Lipinski definition) is 2. The number of aromatic nitrogens is 2. The van der Waals surface area contributed by atoms with Crippen molar-refractivity contribution in [2.75, 3.05) is 0 Å². The summed E-state index contributed by atoms with van der Waals surface area (Å²) in [5.74, 6) is -1.08. The molecule has 1 heterocycles. The lowest BCUT2D eigenvalue weighted by Crippen LogP contribution is -2.39. The number of rotatable bonds is 5. The third-order valence-electron chi connectivity index (χ3n) is 3.87. The number of allylic oxidation sites excluding steroid dienone is 2. The summed E-state index contributed by atoms with van der Waals surface area (Å²) in [5.41, 5.74) is 0.797. The third-order valence-corrected chi connectivity index (χ3v) is 3.87. The zero-order valence-corrected chi connectivity index (χ0v) is 12.1. The maximum absolute atomic E-state index is 12.3. The van der Waals surface area contributed by atoms with Gasteiger partial charge in [-0.25, -0.2) is 4.79 Å². The topological polar surface area (TPSA) is 92.2 Å². The van der Waals surface area contributed by atoms with Crippen LogP contribution >= 0.6 is 0 Å². The third kappa shape index (κ3) is 3.71. The summed E-state index contributed by atoms with van der Waals surface area (Å²) in [6.07, 6.45) is 6.88. The highest BCUT2D eigenvalue weighted by atomic mass is 16.4. The molecule has 0 saturated heterocycles. The van der Waals surface area contributed by atoms with E-state index in [0.717, 1.165) is 23.8 Å². The predicted octanol–water partition coefficient (Wildman–Crippen LogP) is 1.36. The fourth-order valence-electron chi connectivity index (χ4n) is 2.67. The van der Waals surface area contributed by atoms with E-state index in [1.54, 1.807) is 6.92 Å².